The molecule has 1 unspecified atom stereocenters. The van der Waals surface area contributed by atoms with Crippen molar-refractivity contribution in [3.05, 3.63) is 53.6 Å². The van der Waals surface area contributed by atoms with E-state index in [4.69, 9.17) is 15.2 Å². The molecule has 0 aromatic heterocycles. The summed E-state index contributed by atoms with van der Waals surface area (Å²) < 4.78 is 11.3. The molecule has 4 heteroatoms. The van der Waals surface area contributed by atoms with Gasteiger partial charge in [-0.3, -0.25) is 0 Å². The summed E-state index contributed by atoms with van der Waals surface area (Å²) in [5.41, 5.74) is 9.60. The van der Waals surface area contributed by atoms with Crippen molar-refractivity contribution in [1.29, 1.82) is 0 Å². The van der Waals surface area contributed by atoms with Crippen molar-refractivity contribution in [1.82, 2.24) is 0 Å². The van der Waals surface area contributed by atoms with E-state index in [-0.39, 0.29) is 11.6 Å². The van der Waals surface area contributed by atoms with E-state index in [2.05, 4.69) is 49.9 Å². The standard InChI is InChI=1S/C20H26N2O2/c1-20(2,3)24-16-9-6-15(7-10-16)22-13-14-5-8-17(23-4)11-18(14)19(22)12-21/h5-11,19H,12-13,21H2,1-4H3. The lowest BCUT2D eigenvalue weighted by Crippen LogP contribution is -2.27. The molecule has 0 saturated heterocycles. The Hall–Kier alpha value is -2.20. The van der Waals surface area contributed by atoms with Crippen LogP contribution in [-0.4, -0.2) is 19.3 Å². The maximum Gasteiger partial charge on any atom is 0.120 e. The number of nitrogens with two attached hydrogens (primary N) is 1. The Morgan fingerprint density at radius 3 is 2.33 bits per heavy atom. The number of hydrogen-bond donors (Lipinski definition) is 1. The second-order valence-corrected chi connectivity index (χ2v) is 7.15. The number of anilines is 1. The summed E-state index contributed by atoms with van der Waals surface area (Å²) in [6.07, 6.45) is 0. The fourth-order valence-corrected chi connectivity index (χ4v) is 3.20. The predicted molar refractivity (Wildman–Crippen MR) is 97.8 cm³/mol. The molecule has 0 aliphatic carbocycles. The van der Waals surface area contributed by atoms with E-state index in [1.807, 2.05) is 18.2 Å². The molecule has 0 amide bonds. The summed E-state index contributed by atoms with van der Waals surface area (Å²) >= 11 is 0. The molecule has 2 aromatic rings. The van der Waals surface area contributed by atoms with Crippen molar-refractivity contribution in [3.8, 4) is 11.5 Å². The SMILES string of the molecule is COc1ccc2c(c1)C(CN)N(c1ccc(OC(C)(C)C)cc1)C2. The van der Waals surface area contributed by atoms with E-state index in [1.165, 1.54) is 11.1 Å². The molecule has 1 atom stereocenters. The number of rotatable bonds is 4. The van der Waals surface area contributed by atoms with Crippen LogP contribution in [-0.2, 0) is 6.54 Å². The first-order valence-electron chi connectivity index (χ1n) is 8.34. The van der Waals surface area contributed by atoms with Crippen LogP contribution in [0.2, 0.25) is 0 Å². The van der Waals surface area contributed by atoms with Crippen LogP contribution in [0.1, 0.15) is 37.9 Å². The topological polar surface area (TPSA) is 47.7 Å². The molecule has 3 rings (SSSR count). The van der Waals surface area contributed by atoms with Crippen molar-refractivity contribution < 1.29 is 9.47 Å². The lowest BCUT2D eigenvalue weighted by atomic mass is 10.0. The zero-order valence-corrected chi connectivity index (χ0v) is 14.9. The first-order valence-corrected chi connectivity index (χ1v) is 8.34. The van der Waals surface area contributed by atoms with Gasteiger partial charge in [0, 0.05) is 18.8 Å². The van der Waals surface area contributed by atoms with Crippen LogP contribution >= 0.6 is 0 Å². The Labute approximate surface area is 144 Å². The highest BCUT2D eigenvalue weighted by Crippen LogP contribution is 2.39. The first-order chi connectivity index (χ1) is 11.4. The van der Waals surface area contributed by atoms with Gasteiger partial charge >= 0.3 is 0 Å². The summed E-state index contributed by atoms with van der Waals surface area (Å²) in [5.74, 6) is 1.76. The van der Waals surface area contributed by atoms with E-state index in [0.29, 0.717) is 6.54 Å². The average molecular weight is 326 g/mol. The molecule has 1 aliphatic heterocycles. The van der Waals surface area contributed by atoms with Gasteiger partial charge in [-0.2, -0.15) is 0 Å². The third-order valence-electron chi connectivity index (χ3n) is 4.24. The zero-order valence-electron chi connectivity index (χ0n) is 14.9. The molecule has 4 nitrogen and oxygen atoms in total. The Balaban J connectivity index is 1.85. The Morgan fingerprint density at radius 1 is 1.08 bits per heavy atom. The second kappa shape index (κ2) is 6.36. The number of methoxy groups -OCH3 is 1. The molecule has 1 heterocycles. The van der Waals surface area contributed by atoms with Crippen molar-refractivity contribution >= 4 is 5.69 Å². The van der Waals surface area contributed by atoms with Gasteiger partial charge in [-0.05, 0) is 68.3 Å². The van der Waals surface area contributed by atoms with Crippen LogP contribution < -0.4 is 20.1 Å². The third-order valence-corrected chi connectivity index (χ3v) is 4.24. The molecule has 2 N–H and O–H groups in total. The van der Waals surface area contributed by atoms with Gasteiger partial charge in [-0.25, -0.2) is 0 Å². The average Bonchev–Trinajstić information content (AvgIpc) is 2.91. The van der Waals surface area contributed by atoms with Gasteiger partial charge in [-0.15, -0.1) is 0 Å². The van der Waals surface area contributed by atoms with Crippen molar-refractivity contribution in [2.45, 2.75) is 39.0 Å². The number of ether oxygens (including phenoxy) is 2. The molecule has 0 spiro atoms. The molecule has 0 saturated carbocycles. The maximum atomic E-state index is 6.07. The van der Waals surface area contributed by atoms with Crippen LogP contribution in [0.15, 0.2) is 42.5 Å². The fourth-order valence-electron chi connectivity index (χ4n) is 3.20. The predicted octanol–water partition coefficient (Wildman–Crippen LogP) is 3.89. The molecule has 1 aliphatic rings. The number of benzene rings is 2. The normalized spacial score (nSPS) is 16.9. The van der Waals surface area contributed by atoms with Crippen molar-refractivity contribution in [2.24, 2.45) is 5.73 Å². The van der Waals surface area contributed by atoms with E-state index < -0.39 is 0 Å². The van der Waals surface area contributed by atoms with Gasteiger partial charge in [-0.1, -0.05) is 6.07 Å². The van der Waals surface area contributed by atoms with Crippen molar-refractivity contribution in [2.75, 3.05) is 18.6 Å². The second-order valence-electron chi connectivity index (χ2n) is 7.15. The summed E-state index contributed by atoms with van der Waals surface area (Å²) in [6, 6.07) is 14.7. The van der Waals surface area contributed by atoms with Crippen LogP contribution in [0.4, 0.5) is 5.69 Å². The molecule has 128 valence electrons. The molecule has 2 aromatic carbocycles. The number of fused-ring (bicyclic) bond motifs is 1. The number of hydrogen-bond acceptors (Lipinski definition) is 4. The summed E-state index contributed by atoms with van der Waals surface area (Å²) in [6.45, 7) is 7.59. The fraction of sp³-hybridized carbons (Fsp3) is 0.400. The maximum absolute atomic E-state index is 6.07. The molecular formula is C20H26N2O2. The lowest BCUT2D eigenvalue weighted by molar-refractivity contribution is 0.131. The van der Waals surface area contributed by atoms with Crippen molar-refractivity contribution in [3.63, 3.8) is 0 Å². The minimum atomic E-state index is -0.193. The summed E-state index contributed by atoms with van der Waals surface area (Å²) in [5, 5.41) is 0. The van der Waals surface area contributed by atoms with Gasteiger partial charge in [0.15, 0.2) is 0 Å². The highest BCUT2D eigenvalue weighted by molar-refractivity contribution is 5.57. The smallest absolute Gasteiger partial charge is 0.120 e. The Bertz CT molecular complexity index is 705. The lowest BCUT2D eigenvalue weighted by Gasteiger charge is -2.27. The molecule has 24 heavy (non-hydrogen) atoms. The first kappa shape index (κ1) is 16.7. The largest absolute Gasteiger partial charge is 0.497 e. The minimum Gasteiger partial charge on any atom is -0.497 e. The molecular weight excluding hydrogens is 300 g/mol. The van der Waals surface area contributed by atoms with E-state index in [1.54, 1.807) is 7.11 Å². The molecule has 0 bridgehead atoms. The zero-order chi connectivity index (χ0) is 17.3. The van der Waals surface area contributed by atoms with Gasteiger partial charge in [0.2, 0.25) is 0 Å². The van der Waals surface area contributed by atoms with Crippen LogP contribution in [0.25, 0.3) is 0 Å². The molecule has 0 radical (unpaired) electrons. The monoisotopic (exact) mass is 326 g/mol. The number of nitrogens with zero attached hydrogens (tertiary/aromatic N) is 1. The van der Waals surface area contributed by atoms with E-state index in [0.717, 1.165) is 23.7 Å². The quantitative estimate of drug-likeness (QED) is 0.926. The highest BCUT2D eigenvalue weighted by atomic mass is 16.5. The van der Waals surface area contributed by atoms with E-state index >= 15 is 0 Å². The Kier molecular flexibility index (Phi) is 4.41. The van der Waals surface area contributed by atoms with Crippen LogP contribution in [0, 0.1) is 0 Å². The van der Waals surface area contributed by atoms with Gasteiger partial charge in [0.05, 0.1) is 13.2 Å². The summed E-state index contributed by atoms with van der Waals surface area (Å²) in [7, 11) is 1.69. The summed E-state index contributed by atoms with van der Waals surface area (Å²) in [4.78, 5) is 2.34. The van der Waals surface area contributed by atoms with Crippen LogP contribution in [0.3, 0.4) is 0 Å². The van der Waals surface area contributed by atoms with Gasteiger partial charge < -0.3 is 20.1 Å². The minimum absolute atomic E-state index is 0.171. The third kappa shape index (κ3) is 3.34. The van der Waals surface area contributed by atoms with E-state index in [9.17, 15) is 0 Å². The Morgan fingerprint density at radius 2 is 1.75 bits per heavy atom. The van der Waals surface area contributed by atoms with Gasteiger partial charge in [0.1, 0.15) is 17.1 Å². The van der Waals surface area contributed by atoms with Gasteiger partial charge in [0.25, 0.3) is 0 Å². The van der Waals surface area contributed by atoms with Crippen LogP contribution in [0.5, 0.6) is 11.5 Å². The molecule has 0 fully saturated rings. The highest BCUT2D eigenvalue weighted by Gasteiger charge is 2.29.